The number of methoxy groups -OCH3 is 1. The van der Waals surface area contributed by atoms with Crippen molar-refractivity contribution in [1.82, 2.24) is 20.1 Å². The second-order valence-electron chi connectivity index (χ2n) is 7.02. The third kappa shape index (κ3) is 3.46. The molecule has 5 nitrogen and oxygen atoms in total. The zero-order chi connectivity index (χ0) is 14.8. The topological polar surface area (TPSA) is 52.0 Å². The van der Waals surface area contributed by atoms with E-state index in [0.29, 0.717) is 18.7 Å². The first-order chi connectivity index (χ1) is 10.2. The highest BCUT2D eigenvalue weighted by molar-refractivity contribution is 5.03. The Morgan fingerprint density at radius 3 is 2.71 bits per heavy atom. The van der Waals surface area contributed by atoms with Crippen molar-refractivity contribution in [2.45, 2.75) is 71.2 Å². The van der Waals surface area contributed by atoms with Crippen LogP contribution in [-0.4, -0.2) is 27.9 Å². The summed E-state index contributed by atoms with van der Waals surface area (Å²) < 4.78 is 7.23. The molecule has 0 spiro atoms. The first-order valence-corrected chi connectivity index (χ1v) is 8.34. The van der Waals surface area contributed by atoms with Gasteiger partial charge < -0.3 is 10.1 Å². The fourth-order valence-corrected chi connectivity index (χ4v) is 4.12. The van der Waals surface area contributed by atoms with Gasteiger partial charge in [0.05, 0.1) is 6.04 Å². The molecule has 118 valence electrons. The van der Waals surface area contributed by atoms with Crippen LogP contribution in [0.3, 0.4) is 0 Å². The first-order valence-electron chi connectivity index (χ1n) is 8.34. The van der Waals surface area contributed by atoms with E-state index in [1.54, 1.807) is 7.11 Å². The van der Waals surface area contributed by atoms with E-state index in [-0.39, 0.29) is 0 Å². The van der Waals surface area contributed by atoms with Gasteiger partial charge in [-0.15, -0.1) is 0 Å². The van der Waals surface area contributed by atoms with Crippen LogP contribution in [0, 0.1) is 11.8 Å². The summed E-state index contributed by atoms with van der Waals surface area (Å²) in [5, 5.41) is 8.42. The number of hydrogen-bond acceptors (Lipinski definition) is 4. The number of nitrogens with one attached hydrogen (secondary N) is 1. The molecule has 0 amide bonds. The number of nitrogens with zero attached hydrogens (tertiary/aromatic N) is 3. The fourth-order valence-electron chi connectivity index (χ4n) is 4.12. The van der Waals surface area contributed by atoms with Gasteiger partial charge in [0.15, 0.2) is 5.82 Å². The standard InChI is InChI=1S/C16H28N4O/c1-11-7-12(2)9-13(8-11)17-14-5-4-6-20-16(14)18-15(19-20)10-21-3/h11-14,17H,4-10H2,1-3H3/t11-,12-,14+/m1/s1. The van der Waals surface area contributed by atoms with Crippen LogP contribution >= 0.6 is 0 Å². The molecule has 0 bridgehead atoms. The van der Waals surface area contributed by atoms with Crippen LogP contribution in [-0.2, 0) is 17.9 Å². The predicted octanol–water partition coefficient (Wildman–Crippen LogP) is 2.67. The summed E-state index contributed by atoms with van der Waals surface area (Å²) in [4.78, 5) is 4.69. The molecule has 1 aromatic rings. The molecule has 1 aliphatic carbocycles. The van der Waals surface area contributed by atoms with Crippen LogP contribution < -0.4 is 5.32 Å². The highest BCUT2D eigenvalue weighted by Gasteiger charge is 2.30. The van der Waals surface area contributed by atoms with Crippen molar-refractivity contribution in [3.8, 4) is 0 Å². The Bertz CT molecular complexity index is 463. The van der Waals surface area contributed by atoms with Gasteiger partial charge in [0.1, 0.15) is 12.4 Å². The lowest BCUT2D eigenvalue weighted by Gasteiger charge is -2.35. The van der Waals surface area contributed by atoms with Crippen LogP contribution in [0.15, 0.2) is 0 Å². The van der Waals surface area contributed by atoms with Gasteiger partial charge in [-0.2, -0.15) is 5.10 Å². The Hall–Kier alpha value is -0.940. The van der Waals surface area contributed by atoms with E-state index in [9.17, 15) is 0 Å². The van der Waals surface area contributed by atoms with Crippen molar-refractivity contribution in [2.24, 2.45) is 11.8 Å². The van der Waals surface area contributed by atoms with Gasteiger partial charge in [0, 0.05) is 19.7 Å². The van der Waals surface area contributed by atoms with Crippen molar-refractivity contribution >= 4 is 0 Å². The van der Waals surface area contributed by atoms with E-state index in [4.69, 9.17) is 4.74 Å². The van der Waals surface area contributed by atoms with E-state index in [1.807, 2.05) is 0 Å². The van der Waals surface area contributed by atoms with Gasteiger partial charge in [-0.1, -0.05) is 13.8 Å². The predicted molar refractivity (Wildman–Crippen MR) is 81.8 cm³/mol. The average molecular weight is 292 g/mol. The summed E-state index contributed by atoms with van der Waals surface area (Å²) in [6, 6.07) is 0.988. The molecule has 3 rings (SSSR count). The normalized spacial score (nSPS) is 32.9. The largest absolute Gasteiger partial charge is 0.377 e. The van der Waals surface area contributed by atoms with Gasteiger partial charge in [0.25, 0.3) is 0 Å². The Morgan fingerprint density at radius 1 is 1.24 bits per heavy atom. The zero-order valence-corrected chi connectivity index (χ0v) is 13.5. The Morgan fingerprint density at radius 2 is 2.00 bits per heavy atom. The maximum absolute atomic E-state index is 5.16. The number of ether oxygens (including phenoxy) is 1. The fraction of sp³-hybridized carbons (Fsp3) is 0.875. The lowest BCUT2D eigenvalue weighted by molar-refractivity contribution is 0.177. The van der Waals surface area contributed by atoms with E-state index in [2.05, 4.69) is 33.9 Å². The summed E-state index contributed by atoms with van der Waals surface area (Å²) in [6.45, 7) is 6.25. The summed E-state index contributed by atoms with van der Waals surface area (Å²) in [7, 11) is 1.69. The third-order valence-electron chi connectivity index (χ3n) is 4.81. The SMILES string of the molecule is COCc1nc2n(n1)CCC[C@@H]2NC1C[C@H](C)C[C@@H](C)C1. The first kappa shape index (κ1) is 15.0. The molecule has 0 aromatic carbocycles. The van der Waals surface area contributed by atoms with E-state index >= 15 is 0 Å². The van der Waals surface area contributed by atoms with Crippen LogP contribution in [0.4, 0.5) is 0 Å². The molecule has 21 heavy (non-hydrogen) atoms. The molecule has 0 radical (unpaired) electrons. The Kier molecular flexibility index (Phi) is 4.60. The highest BCUT2D eigenvalue weighted by atomic mass is 16.5. The number of aryl methyl sites for hydroxylation is 1. The minimum absolute atomic E-state index is 0.361. The molecule has 1 fully saturated rings. The molecule has 2 aliphatic rings. The van der Waals surface area contributed by atoms with Crippen molar-refractivity contribution in [3.63, 3.8) is 0 Å². The minimum atomic E-state index is 0.361. The average Bonchev–Trinajstić information content (AvgIpc) is 2.81. The van der Waals surface area contributed by atoms with Gasteiger partial charge in [-0.05, 0) is 43.9 Å². The lowest BCUT2D eigenvalue weighted by Crippen LogP contribution is -2.40. The number of rotatable bonds is 4. The molecule has 5 heteroatoms. The van der Waals surface area contributed by atoms with Crippen molar-refractivity contribution in [2.75, 3.05) is 7.11 Å². The second kappa shape index (κ2) is 6.44. The van der Waals surface area contributed by atoms with E-state index < -0.39 is 0 Å². The molecular formula is C16H28N4O. The Labute approximate surface area is 127 Å². The number of fused-ring (bicyclic) bond motifs is 1. The van der Waals surface area contributed by atoms with Crippen LogP contribution in [0.5, 0.6) is 0 Å². The molecule has 0 unspecified atom stereocenters. The van der Waals surface area contributed by atoms with Crippen LogP contribution in [0.1, 0.15) is 63.6 Å². The lowest BCUT2D eigenvalue weighted by atomic mass is 9.80. The monoisotopic (exact) mass is 292 g/mol. The maximum atomic E-state index is 5.16. The molecule has 1 aromatic heterocycles. The quantitative estimate of drug-likeness (QED) is 0.927. The summed E-state index contributed by atoms with van der Waals surface area (Å²) in [5.74, 6) is 3.58. The molecule has 2 heterocycles. The van der Waals surface area contributed by atoms with E-state index in [0.717, 1.165) is 30.0 Å². The van der Waals surface area contributed by atoms with Gasteiger partial charge in [-0.25, -0.2) is 9.67 Å². The second-order valence-corrected chi connectivity index (χ2v) is 7.02. The molecule has 1 aliphatic heterocycles. The van der Waals surface area contributed by atoms with Gasteiger partial charge in [-0.3, -0.25) is 0 Å². The number of hydrogen-bond donors (Lipinski definition) is 1. The van der Waals surface area contributed by atoms with Gasteiger partial charge in [0.2, 0.25) is 0 Å². The van der Waals surface area contributed by atoms with Crippen molar-refractivity contribution in [1.29, 1.82) is 0 Å². The van der Waals surface area contributed by atoms with Crippen molar-refractivity contribution < 1.29 is 4.74 Å². The summed E-state index contributed by atoms with van der Waals surface area (Å²) in [6.07, 6.45) is 6.31. The number of aromatic nitrogens is 3. The zero-order valence-electron chi connectivity index (χ0n) is 13.5. The molecule has 3 atom stereocenters. The van der Waals surface area contributed by atoms with Crippen LogP contribution in [0.2, 0.25) is 0 Å². The molecule has 1 saturated carbocycles. The van der Waals surface area contributed by atoms with Gasteiger partial charge >= 0.3 is 0 Å². The Balaban J connectivity index is 1.69. The summed E-state index contributed by atoms with van der Waals surface area (Å²) in [5.41, 5.74) is 0. The van der Waals surface area contributed by atoms with E-state index in [1.165, 1.54) is 32.1 Å². The minimum Gasteiger partial charge on any atom is -0.377 e. The molecular weight excluding hydrogens is 264 g/mol. The summed E-state index contributed by atoms with van der Waals surface area (Å²) >= 11 is 0. The van der Waals surface area contributed by atoms with Crippen molar-refractivity contribution in [3.05, 3.63) is 11.6 Å². The van der Waals surface area contributed by atoms with Crippen LogP contribution in [0.25, 0.3) is 0 Å². The maximum Gasteiger partial charge on any atom is 0.176 e. The molecule has 1 N–H and O–H groups in total. The highest BCUT2D eigenvalue weighted by Crippen LogP contribution is 2.31. The third-order valence-corrected chi connectivity index (χ3v) is 4.81. The molecule has 0 saturated heterocycles. The smallest absolute Gasteiger partial charge is 0.176 e.